The van der Waals surface area contributed by atoms with Crippen molar-refractivity contribution in [2.75, 3.05) is 18.6 Å². The topological polar surface area (TPSA) is 56.3 Å². The summed E-state index contributed by atoms with van der Waals surface area (Å²) < 4.78 is 0. The number of aromatic nitrogens is 1. The summed E-state index contributed by atoms with van der Waals surface area (Å²) in [4.78, 5) is 18.2. The Morgan fingerprint density at radius 3 is 2.82 bits per heavy atom. The third kappa shape index (κ3) is 2.41. The number of benzene rings is 1. The zero-order chi connectivity index (χ0) is 15.9. The number of hydrogen-bond donors (Lipinski definition) is 2. The van der Waals surface area contributed by atoms with Crippen LogP contribution in [0.2, 0.25) is 0 Å². The summed E-state index contributed by atoms with van der Waals surface area (Å²) >= 11 is 0. The van der Waals surface area contributed by atoms with Crippen LogP contribution >= 0.6 is 0 Å². The number of carbonyl (C=O) groups is 1. The van der Waals surface area contributed by atoms with Gasteiger partial charge in [0, 0.05) is 42.9 Å². The zero-order valence-corrected chi connectivity index (χ0v) is 13.5. The number of aromatic amines is 1. The number of H-pyrrole nitrogens is 1. The van der Waals surface area contributed by atoms with E-state index in [1.807, 2.05) is 19.3 Å². The molecule has 0 saturated heterocycles. The number of carbonyl (C=O) groups excluding carboxylic acids is 1. The number of ketones is 1. The predicted octanol–water partition coefficient (Wildman–Crippen LogP) is 2.75. The van der Waals surface area contributed by atoms with Crippen molar-refractivity contribution >= 4 is 22.4 Å². The third-order valence-electron chi connectivity index (χ3n) is 4.78. The predicted molar refractivity (Wildman–Crippen MR) is 89.2 cm³/mol. The molecule has 0 bridgehead atoms. The van der Waals surface area contributed by atoms with Crippen LogP contribution < -0.4 is 4.90 Å². The highest BCUT2D eigenvalue weighted by Crippen LogP contribution is 2.35. The lowest BCUT2D eigenvalue weighted by atomic mass is 9.90. The Bertz CT molecular complexity index is 689. The fourth-order valence-electron chi connectivity index (χ4n) is 3.79. The average molecular weight is 300 g/mol. The first-order valence-electron chi connectivity index (χ1n) is 7.98. The van der Waals surface area contributed by atoms with E-state index >= 15 is 0 Å². The second-order valence-electron chi connectivity index (χ2n) is 6.74. The fraction of sp³-hybridized carbons (Fsp3) is 0.500. The van der Waals surface area contributed by atoms with Crippen molar-refractivity contribution in [1.82, 2.24) is 4.98 Å². The largest absolute Gasteiger partial charge is 0.396 e. The Hall–Kier alpha value is -1.81. The Balaban J connectivity index is 2.20. The molecule has 0 spiro atoms. The standard InChI is InChI=1S/C18H24N2O2/c1-11(2)18-16(22)8-12(10-21)7-13-9-19-14-5-4-6-15(17(13)14)20(18)3/h4-6,9,11-12,18-19,21H,7-8,10H2,1-3H3/t12-,18+/m1/s1. The van der Waals surface area contributed by atoms with E-state index in [0.717, 1.165) is 17.6 Å². The molecule has 1 aliphatic heterocycles. The minimum absolute atomic E-state index is 0.00712. The summed E-state index contributed by atoms with van der Waals surface area (Å²) in [5.74, 6) is 0.447. The second kappa shape index (κ2) is 5.76. The monoisotopic (exact) mass is 300 g/mol. The van der Waals surface area contributed by atoms with Crippen LogP contribution in [0.4, 0.5) is 5.69 Å². The van der Waals surface area contributed by atoms with E-state index in [1.54, 1.807) is 0 Å². The highest BCUT2D eigenvalue weighted by atomic mass is 16.3. The average Bonchev–Trinajstić information content (AvgIpc) is 2.89. The minimum Gasteiger partial charge on any atom is -0.396 e. The number of hydrogen-bond acceptors (Lipinski definition) is 3. The number of anilines is 1. The Morgan fingerprint density at radius 2 is 2.14 bits per heavy atom. The molecule has 0 saturated carbocycles. The van der Waals surface area contributed by atoms with Gasteiger partial charge in [0.1, 0.15) is 0 Å². The summed E-state index contributed by atoms with van der Waals surface area (Å²) in [6.45, 7) is 4.22. The van der Waals surface area contributed by atoms with Gasteiger partial charge in [0.15, 0.2) is 5.78 Å². The van der Waals surface area contributed by atoms with Gasteiger partial charge in [-0.15, -0.1) is 0 Å². The van der Waals surface area contributed by atoms with Gasteiger partial charge in [0.25, 0.3) is 0 Å². The van der Waals surface area contributed by atoms with Crippen LogP contribution in [0.1, 0.15) is 25.8 Å². The SMILES string of the molecule is CC(C)[C@H]1C(=O)C[C@H](CO)Cc2c[nH]c3cccc(c23)N1C. The minimum atomic E-state index is -0.152. The molecule has 1 aromatic heterocycles. The van der Waals surface area contributed by atoms with Crippen molar-refractivity contribution in [2.45, 2.75) is 32.7 Å². The summed E-state index contributed by atoms with van der Waals surface area (Å²) in [5.41, 5.74) is 3.38. The van der Waals surface area contributed by atoms with Crippen LogP contribution in [0.3, 0.4) is 0 Å². The van der Waals surface area contributed by atoms with Gasteiger partial charge in [-0.05, 0) is 36.0 Å². The van der Waals surface area contributed by atoms with Crippen LogP contribution in [0.15, 0.2) is 24.4 Å². The quantitative estimate of drug-likeness (QED) is 0.896. The van der Waals surface area contributed by atoms with Gasteiger partial charge in [0.2, 0.25) is 0 Å². The molecule has 3 rings (SSSR count). The van der Waals surface area contributed by atoms with Crippen molar-refractivity contribution in [3.63, 3.8) is 0 Å². The van der Waals surface area contributed by atoms with E-state index < -0.39 is 0 Å². The van der Waals surface area contributed by atoms with E-state index in [9.17, 15) is 9.90 Å². The van der Waals surface area contributed by atoms with Crippen molar-refractivity contribution in [3.8, 4) is 0 Å². The van der Waals surface area contributed by atoms with Gasteiger partial charge in [-0.2, -0.15) is 0 Å². The fourth-order valence-corrected chi connectivity index (χ4v) is 3.79. The van der Waals surface area contributed by atoms with Gasteiger partial charge >= 0.3 is 0 Å². The zero-order valence-electron chi connectivity index (χ0n) is 13.5. The van der Waals surface area contributed by atoms with E-state index in [-0.39, 0.29) is 30.3 Å². The summed E-state index contributed by atoms with van der Waals surface area (Å²) in [6, 6.07) is 6.02. The van der Waals surface area contributed by atoms with Crippen LogP contribution in [0, 0.1) is 11.8 Å². The first kappa shape index (κ1) is 15.1. The first-order valence-corrected chi connectivity index (χ1v) is 7.98. The molecule has 0 fully saturated rings. The lowest BCUT2D eigenvalue weighted by Gasteiger charge is -2.32. The van der Waals surface area contributed by atoms with Crippen LogP contribution in [-0.4, -0.2) is 35.6 Å². The molecule has 0 radical (unpaired) electrons. The molecule has 4 nitrogen and oxygen atoms in total. The number of aliphatic hydroxyl groups is 1. The molecular formula is C18H24N2O2. The number of Topliss-reactive ketones (excluding diaryl/α,β-unsaturated/α-hetero) is 1. The van der Waals surface area contributed by atoms with Crippen LogP contribution in [0.5, 0.6) is 0 Å². The smallest absolute Gasteiger partial charge is 0.155 e. The molecule has 0 unspecified atom stereocenters. The molecule has 2 atom stereocenters. The molecule has 118 valence electrons. The lowest BCUT2D eigenvalue weighted by Crippen LogP contribution is -2.43. The molecule has 0 amide bonds. The Kier molecular flexibility index (Phi) is 3.96. The van der Waals surface area contributed by atoms with Gasteiger partial charge in [-0.25, -0.2) is 0 Å². The maximum absolute atomic E-state index is 12.8. The summed E-state index contributed by atoms with van der Waals surface area (Å²) in [6.07, 6.45) is 3.19. The van der Waals surface area contributed by atoms with Crippen molar-refractivity contribution in [2.24, 2.45) is 11.8 Å². The molecule has 0 aliphatic carbocycles. The maximum atomic E-state index is 12.8. The van der Waals surface area contributed by atoms with Gasteiger partial charge in [-0.1, -0.05) is 19.9 Å². The molecule has 22 heavy (non-hydrogen) atoms. The lowest BCUT2D eigenvalue weighted by molar-refractivity contribution is -0.122. The van der Waals surface area contributed by atoms with Gasteiger partial charge in [-0.3, -0.25) is 4.79 Å². The normalized spacial score (nSPS) is 22.8. The first-order chi connectivity index (χ1) is 10.5. The molecule has 1 aliphatic rings. The van der Waals surface area contributed by atoms with Gasteiger partial charge < -0.3 is 15.0 Å². The van der Waals surface area contributed by atoms with Crippen LogP contribution in [0.25, 0.3) is 10.9 Å². The van der Waals surface area contributed by atoms with E-state index in [4.69, 9.17) is 0 Å². The van der Waals surface area contributed by atoms with Crippen molar-refractivity contribution in [3.05, 3.63) is 30.0 Å². The molecule has 2 heterocycles. The third-order valence-corrected chi connectivity index (χ3v) is 4.78. The maximum Gasteiger partial charge on any atom is 0.155 e. The Morgan fingerprint density at radius 1 is 1.36 bits per heavy atom. The number of rotatable bonds is 2. The van der Waals surface area contributed by atoms with Crippen molar-refractivity contribution < 1.29 is 9.90 Å². The van der Waals surface area contributed by atoms with E-state index in [0.29, 0.717) is 6.42 Å². The molecular weight excluding hydrogens is 276 g/mol. The molecule has 4 heteroatoms. The molecule has 1 aromatic carbocycles. The summed E-state index contributed by atoms with van der Waals surface area (Å²) in [7, 11) is 2.01. The molecule has 2 N–H and O–H groups in total. The molecule has 2 aromatic rings. The second-order valence-corrected chi connectivity index (χ2v) is 6.74. The number of aliphatic hydroxyl groups excluding tert-OH is 1. The number of nitrogens with zero attached hydrogens (tertiary/aromatic N) is 1. The van der Waals surface area contributed by atoms with Crippen LogP contribution in [-0.2, 0) is 11.2 Å². The number of nitrogens with one attached hydrogen (secondary N) is 1. The summed E-state index contributed by atoms with van der Waals surface area (Å²) in [5, 5.41) is 10.9. The van der Waals surface area contributed by atoms with E-state index in [1.165, 1.54) is 10.9 Å². The van der Waals surface area contributed by atoms with Crippen molar-refractivity contribution in [1.29, 1.82) is 0 Å². The number of likely N-dealkylation sites (N-methyl/N-ethyl adjacent to an activating group) is 1. The highest BCUT2D eigenvalue weighted by Gasteiger charge is 2.31. The van der Waals surface area contributed by atoms with Gasteiger partial charge in [0.05, 0.1) is 6.04 Å². The Labute approximate surface area is 131 Å². The van der Waals surface area contributed by atoms with E-state index in [2.05, 4.69) is 35.9 Å². The highest BCUT2D eigenvalue weighted by molar-refractivity contribution is 5.98.